The molecule has 0 unspecified atom stereocenters. The van der Waals surface area contributed by atoms with Crippen LogP contribution in [0.5, 0.6) is 0 Å². The van der Waals surface area contributed by atoms with Crippen LogP contribution in [0, 0.1) is 10.1 Å². The Bertz CT molecular complexity index is 641. The van der Waals surface area contributed by atoms with Gasteiger partial charge in [-0.3, -0.25) is 14.9 Å². The van der Waals surface area contributed by atoms with Crippen molar-refractivity contribution in [2.45, 2.75) is 0 Å². The van der Waals surface area contributed by atoms with Crippen LogP contribution in [0.1, 0.15) is 0 Å². The van der Waals surface area contributed by atoms with Gasteiger partial charge in [-0.05, 0) is 23.3 Å². The van der Waals surface area contributed by atoms with E-state index in [1.165, 1.54) is 12.1 Å². The second kappa shape index (κ2) is 5.18. The third-order valence-electron chi connectivity index (χ3n) is 2.66. The van der Waals surface area contributed by atoms with Gasteiger partial charge in [0.05, 0.1) is 16.3 Å². The number of nitrogen functional groups attached to an aromatic ring is 1. The Morgan fingerprint density at radius 1 is 1.16 bits per heavy atom. The fourth-order valence-electron chi connectivity index (χ4n) is 1.72. The van der Waals surface area contributed by atoms with Gasteiger partial charge >= 0.3 is 0 Å². The van der Waals surface area contributed by atoms with Crippen molar-refractivity contribution in [3.63, 3.8) is 0 Å². The van der Waals surface area contributed by atoms with Gasteiger partial charge in [-0.15, -0.1) is 0 Å². The van der Waals surface area contributed by atoms with Crippen LogP contribution in [0.3, 0.4) is 0 Å². The Morgan fingerprint density at radius 3 is 2.58 bits per heavy atom. The van der Waals surface area contributed by atoms with E-state index in [1.807, 2.05) is 0 Å². The minimum Gasteiger partial charge on any atom is -0.397 e. The van der Waals surface area contributed by atoms with Crippen LogP contribution in [0.25, 0.3) is 11.1 Å². The standard InChI is InChI=1S/C13H11N3O3/c14-12-5-4-10(7-13(12)15-8-17)9-2-1-3-11(6-9)16(18)19/h1-8H,14H2,(H,15,17). The highest BCUT2D eigenvalue weighted by atomic mass is 16.6. The molecular formula is C13H11N3O3. The first-order valence-electron chi connectivity index (χ1n) is 5.46. The lowest BCUT2D eigenvalue weighted by molar-refractivity contribution is -0.384. The molecule has 19 heavy (non-hydrogen) atoms. The third-order valence-corrected chi connectivity index (χ3v) is 2.66. The Balaban J connectivity index is 2.46. The van der Waals surface area contributed by atoms with Gasteiger partial charge in [0.2, 0.25) is 6.41 Å². The van der Waals surface area contributed by atoms with Crippen LogP contribution in [-0.2, 0) is 4.79 Å². The van der Waals surface area contributed by atoms with Gasteiger partial charge < -0.3 is 11.1 Å². The number of hydrogen-bond acceptors (Lipinski definition) is 4. The van der Waals surface area contributed by atoms with Crippen molar-refractivity contribution in [1.29, 1.82) is 0 Å². The molecule has 6 nitrogen and oxygen atoms in total. The van der Waals surface area contributed by atoms with Crippen molar-refractivity contribution in [2.24, 2.45) is 0 Å². The number of benzene rings is 2. The van der Waals surface area contributed by atoms with Gasteiger partial charge in [0, 0.05) is 12.1 Å². The quantitative estimate of drug-likeness (QED) is 0.380. The molecule has 0 bridgehead atoms. The minimum atomic E-state index is -0.453. The molecule has 1 amide bonds. The zero-order valence-electron chi connectivity index (χ0n) is 9.87. The number of amides is 1. The van der Waals surface area contributed by atoms with Crippen LogP contribution in [0.15, 0.2) is 42.5 Å². The summed E-state index contributed by atoms with van der Waals surface area (Å²) in [5.74, 6) is 0. The molecule has 0 saturated heterocycles. The second-order valence-electron chi connectivity index (χ2n) is 3.87. The lowest BCUT2D eigenvalue weighted by Crippen LogP contribution is -1.99. The lowest BCUT2D eigenvalue weighted by Gasteiger charge is -2.07. The van der Waals surface area contributed by atoms with Crippen molar-refractivity contribution in [3.05, 3.63) is 52.6 Å². The largest absolute Gasteiger partial charge is 0.397 e. The van der Waals surface area contributed by atoms with E-state index in [2.05, 4.69) is 5.32 Å². The summed E-state index contributed by atoms with van der Waals surface area (Å²) in [6.07, 6.45) is 0.531. The van der Waals surface area contributed by atoms with Crippen LogP contribution in [-0.4, -0.2) is 11.3 Å². The Kier molecular flexibility index (Phi) is 3.42. The van der Waals surface area contributed by atoms with Gasteiger partial charge in [-0.2, -0.15) is 0 Å². The lowest BCUT2D eigenvalue weighted by atomic mass is 10.0. The number of hydrogen-bond donors (Lipinski definition) is 2. The molecule has 96 valence electrons. The van der Waals surface area contributed by atoms with E-state index in [-0.39, 0.29) is 5.69 Å². The molecule has 2 rings (SSSR count). The summed E-state index contributed by atoms with van der Waals surface area (Å²) >= 11 is 0. The zero-order chi connectivity index (χ0) is 13.8. The number of rotatable bonds is 4. The average Bonchev–Trinajstić information content (AvgIpc) is 2.41. The van der Waals surface area contributed by atoms with Crippen molar-refractivity contribution >= 4 is 23.5 Å². The summed E-state index contributed by atoms with van der Waals surface area (Å²) in [5.41, 5.74) is 8.04. The van der Waals surface area contributed by atoms with Gasteiger partial charge in [-0.1, -0.05) is 18.2 Å². The molecule has 0 aliphatic heterocycles. The van der Waals surface area contributed by atoms with Gasteiger partial charge in [0.1, 0.15) is 0 Å². The van der Waals surface area contributed by atoms with Gasteiger partial charge in [0.15, 0.2) is 0 Å². The summed E-state index contributed by atoms with van der Waals surface area (Å²) in [4.78, 5) is 20.7. The molecule has 2 aromatic carbocycles. The van der Waals surface area contributed by atoms with Crippen molar-refractivity contribution in [3.8, 4) is 11.1 Å². The van der Waals surface area contributed by atoms with Gasteiger partial charge in [0.25, 0.3) is 5.69 Å². The van der Waals surface area contributed by atoms with E-state index in [4.69, 9.17) is 5.73 Å². The normalized spacial score (nSPS) is 9.89. The van der Waals surface area contributed by atoms with Crippen molar-refractivity contribution < 1.29 is 9.72 Å². The van der Waals surface area contributed by atoms with E-state index in [0.29, 0.717) is 23.3 Å². The summed E-state index contributed by atoms with van der Waals surface area (Å²) in [5, 5.41) is 13.2. The predicted molar refractivity (Wildman–Crippen MR) is 72.6 cm³/mol. The Morgan fingerprint density at radius 2 is 1.89 bits per heavy atom. The molecule has 3 N–H and O–H groups in total. The molecule has 0 aliphatic rings. The molecule has 0 fully saturated rings. The topological polar surface area (TPSA) is 98.3 Å². The highest BCUT2D eigenvalue weighted by molar-refractivity contribution is 5.83. The SMILES string of the molecule is Nc1ccc(-c2cccc([N+](=O)[O-])c2)cc1NC=O. The molecule has 0 spiro atoms. The monoisotopic (exact) mass is 257 g/mol. The zero-order valence-corrected chi connectivity index (χ0v) is 9.87. The summed E-state index contributed by atoms with van der Waals surface area (Å²) in [6, 6.07) is 11.3. The first kappa shape index (κ1) is 12.6. The van der Waals surface area contributed by atoms with E-state index in [0.717, 1.165) is 5.56 Å². The molecule has 0 aliphatic carbocycles. The highest BCUT2D eigenvalue weighted by Crippen LogP contribution is 2.28. The van der Waals surface area contributed by atoms with E-state index >= 15 is 0 Å². The number of nitrogens with zero attached hydrogens (tertiary/aromatic N) is 1. The first-order valence-corrected chi connectivity index (χ1v) is 5.46. The number of nitro groups is 1. The number of carbonyl (C=O) groups excluding carboxylic acids is 1. The van der Waals surface area contributed by atoms with E-state index < -0.39 is 4.92 Å². The molecular weight excluding hydrogens is 246 g/mol. The van der Waals surface area contributed by atoms with Crippen LogP contribution < -0.4 is 11.1 Å². The maximum atomic E-state index is 10.7. The van der Waals surface area contributed by atoms with Crippen LogP contribution >= 0.6 is 0 Å². The Hall–Kier alpha value is -2.89. The number of nitrogens with one attached hydrogen (secondary N) is 1. The van der Waals surface area contributed by atoms with Crippen molar-refractivity contribution in [2.75, 3.05) is 11.1 Å². The summed E-state index contributed by atoms with van der Waals surface area (Å²) in [6.45, 7) is 0. The number of nitrogens with two attached hydrogens (primary N) is 1. The smallest absolute Gasteiger partial charge is 0.270 e. The van der Waals surface area contributed by atoms with E-state index in [9.17, 15) is 14.9 Å². The van der Waals surface area contributed by atoms with Crippen LogP contribution in [0.2, 0.25) is 0 Å². The number of non-ortho nitro benzene ring substituents is 1. The second-order valence-corrected chi connectivity index (χ2v) is 3.87. The van der Waals surface area contributed by atoms with Crippen LogP contribution in [0.4, 0.5) is 17.1 Å². The van der Waals surface area contributed by atoms with Gasteiger partial charge in [-0.25, -0.2) is 0 Å². The summed E-state index contributed by atoms with van der Waals surface area (Å²) in [7, 11) is 0. The Labute approximate surface area is 109 Å². The molecule has 6 heteroatoms. The highest BCUT2D eigenvalue weighted by Gasteiger charge is 2.08. The molecule has 0 atom stereocenters. The molecule has 0 aromatic heterocycles. The maximum Gasteiger partial charge on any atom is 0.270 e. The number of carbonyl (C=O) groups is 1. The predicted octanol–water partition coefficient (Wildman–Crippen LogP) is 2.41. The van der Waals surface area contributed by atoms with Crippen molar-refractivity contribution in [1.82, 2.24) is 0 Å². The molecule has 0 heterocycles. The number of nitro benzene ring substituents is 1. The first-order chi connectivity index (χ1) is 9.11. The number of anilines is 2. The average molecular weight is 257 g/mol. The molecule has 0 saturated carbocycles. The maximum absolute atomic E-state index is 10.7. The van der Waals surface area contributed by atoms with E-state index in [1.54, 1.807) is 30.3 Å². The fraction of sp³-hybridized carbons (Fsp3) is 0. The molecule has 0 radical (unpaired) electrons. The third kappa shape index (κ3) is 2.68. The minimum absolute atomic E-state index is 0.0132. The fourth-order valence-corrected chi connectivity index (χ4v) is 1.72. The summed E-state index contributed by atoms with van der Waals surface area (Å²) < 4.78 is 0. The molecule has 2 aromatic rings.